The predicted octanol–water partition coefficient (Wildman–Crippen LogP) is 2.06. The lowest BCUT2D eigenvalue weighted by Crippen LogP contribution is -2.40. The van der Waals surface area contributed by atoms with Crippen LogP contribution in [0.25, 0.3) is 21.9 Å². The molecule has 0 fully saturated rings. The molecular formula is C17H18O7. The van der Waals surface area contributed by atoms with Crippen LogP contribution < -0.4 is 15.1 Å². The van der Waals surface area contributed by atoms with E-state index in [9.17, 15) is 15.0 Å². The van der Waals surface area contributed by atoms with Gasteiger partial charge in [0.05, 0.1) is 29.7 Å². The maximum Gasteiger partial charge on any atom is 0.336 e. The van der Waals surface area contributed by atoms with Crippen molar-refractivity contribution in [3.05, 3.63) is 34.9 Å². The topological polar surface area (TPSA) is 102 Å². The minimum Gasteiger partial charge on any atom is -0.492 e. The van der Waals surface area contributed by atoms with E-state index in [1.807, 2.05) is 0 Å². The second kappa shape index (κ2) is 5.85. The number of furan rings is 1. The van der Waals surface area contributed by atoms with Crippen molar-refractivity contribution in [3.8, 4) is 11.5 Å². The Morgan fingerprint density at radius 1 is 1.17 bits per heavy atom. The second-order valence-electron chi connectivity index (χ2n) is 6.00. The van der Waals surface area contributed by atoms with E-state index >= 15 is 0 Å². The summed E-state index contributed by atoms with van der Waals surface area (Å²) in [4.78, 5) is 11.5. The Bertz CT molecular complexity index is 930. The molecule has 3 rings (SSSR count). The molecule has 24 heavy (non-hydrogen) atoms. The first-order chi connectivity index (χ1) is 11.3. The van der Waals surface area contributed by atoms with Crippen LogP contribution in [0.3, 0.4) is 0 Å². The number of fused-ring (bicyclic) bond motifs is 3. The fourth-order valence-electron chi connectivity index (χ4n) is 2.38. The van der Waals surface area contributed by atoms with Crippen LogP contribution in [0, 0.1) is 0 Å². The zero-order valence-electron chi connectivity index (χ0n) is 13.5. The molecule has 1 atom stereocenters. The first-order valence-electron chi connectivity index (χ1n) is 7.37. The van der Waals surface area contributed by atoms with Crippen molar-refractivity contribution in [2.45, 2.75) is 25.6 Å². The van der Waals surface area contributed by atoms with Gasteiger partial charge in [0.15, 0.2) is 16.9 Å². The summed E-state index contributed by atoms with van der Waals surface area (Å²) < 4.78 is 21.8. The summed E-state index contributed by atoms with van der Waals surface area (Å²) in [5.41, 5.74) is -1.15. The van der Waals surface area contributed by atoms with E-state index in [-0.39, 0.29) is 12.4 Å². The second-order valence-corrected chi connectivity index (χ2v) is 6.00. The van der Waals surface area contributed by atoms with Crippen LogP contribution >= 0.6 is 0 Å². The Morgan fingerprint density at radius 2 is 1.92 bits per heavy atom. The normalized spacial score (nSPS) is 13.4. The molecule has 0 aliphatic rings. The van der Waals surface area contributed by atoms with Crippen molar-refractivity contribution in [1.29, 1.82) is 0 Å². The molecule has 0 radical (unpaired) electrons. The molecule has 0 amide bonds. The Hall–Kier alpha value is -2.51. The largest absolute Gasteiger partial charge is 0.492 e. The van der Waals surface area contributed by atoms with Crippen LogP contribution in [-0.4, -0.2) is 35.6 Å². The van der Waals surface area contributed by atoms with Gasteiger partial charge in [0.2, 0.25) is 5.75 Å². The molecule has 7 nitrogen and oxygen atoms in total. The van der Waals surface area contributed by atoms with Crippen LogP contribution in [0.1, 0.15) is 13.8 Å². The fourth-order valence-corrected chi connectivity index (χ4v) is 2.38. The average Bonchev–Trinajstić information content (AvgIpc) is 3.00. The molecule has 1 aromatic carbocycles. The van der Waals surface area contributed by atoms with Crippen LogP contribution in [0.5, 0.6) is 11.5 Å². The SMILES string of the molecule is COc1c(OC[C@@H](O)C(C)(C)O)c2occc2c2oc(=O)ccc12. The highest BCUT2D eigenvalue weighted by Crippen LogP contribution is 2.43. The number of aliphatic hydroxyl groups is 2. The van der Waals surface area contributed by atoms with E-state index in [0.717, 1.165) is 0 Å². The van der Waals surface area contributed by atoms with Crippen molar-refractivity contribution < 1.29 is 28.5 Å². The first kappa shape index (κ1) is 16.4. The molecule has 0 aliphatic heterocycles. The number of hydrogen-bond donors (Lipinski definition) is 2. The van der Waals surface area contributed by atoms with Gasteiger partial charge in [0.25, 0.3) is 0 Å². The van der Waals surface area contributed by atoms with Crippen LogP contribution in [0.15, 0.2) is 38.1 Å². The van der Waals surface area contributed by atoms with E-state index < -0.39 is 17.3 Å². The molecule has 0 saturated heterocycles. The number of hydrogen-bond acceptors (Lipinski definition) is 7. The molecule has 2 N–H and O–H groups in total. The molecule has 0 unspecified atom stereocenters. The molecule has 128 valence electrons. The summed E-state index contributed by atoms with van der Waals surface area (Å²) in [5.74, 6) is 0.585. The van der Waals surface area contributed by atoms with Gasteiger partial charge >= 0.3 is 5.63 Å². The standard InChI is InChI=1S/C17H18O7/c1-17(2,20)11(18)8-23-16-14(21-3)9-4-5-12(19)24-13(9)10-6-7-22-15(10)16/h4-7,11,18,20H,8H2,1-3H3/t11-/m1/s1. The summed E-state index contributed by atoms with van der Waals surface area (Å²) in [7, 11) is 1.45. The third-order valence-corrected chi connectivity index (χ3v) is 3.81. The maximum atomic E-state index is 11.5. The lowest BCUT2D eigenvalue weighted by molar-refractivity contribution is -0.0662. The van der Waals surface area contributed by atoms with Gasteiger partial charge in [-0.1, -0.05) is 0 Å². The molecule has 0 bridgehead atoms. The van der Waals surface area contributed by atoms with E-state index in [1.165, 1.54) is 33.3 Å². The number of benzene rings is 1. The molecule has 0 spiro atoms. The Balaban J connectivity index is 2.17. The monoisotopic (exact) mass is 334 g/mol. The minimum absolute atomic E-state index is 0.169. The molecule has 2 heterocycles. The van der Waals surface area contributed by atoms with Gasteiger partial charge in [-0.3, -0.25) is 0 Å². The zero-order valence-corrected chi connectivity index (χ0v) is 13.5. The number of rotatable bonds is 5. The third kappa shape index (κ3) is 2.72. The smallest absolute Gasteiger partial charge is 0.336 e. The van der Waals surface area contributed by atoms with Gasteiger partial charge in [-0.25, -0.2) is 4.79 Å². The summed E-state index contributed by atoms with van der Waals surface area (Å²) in [5, 5.41) is 20.9. The van der Waals surface area contributed by atoms with Gasteiger partial charge < -0.3 is 28.5 Å². The summed E-state index contributed by atoms with van der Waals surface area (Å²) >= 11 is 0. The fraction of sp³-hybridized carbons (Fsp3) is 0.353. The van der Waals surface area contributed by atoms with E-state index in [0.29, 0.717) is 27.7 Å². The molecule has 0 aliphatic carbocycles. The highest BCUT2D eigenvalue weighted by molar-refractivity contribution is 6.08. The average molecular weight is 334 g/mol. The van der Waals surface area contributed by atoms with Gasteiger partial charge in [0, 0.05) is 6.07 Å². The Kier molecular flexibility index (Phi) is 3.98. The van der Waals surface area contributed by atoms with Crippen molar-refractivity contribution in [3.63, 3.8) is 0 Å². The molecule has 3 aromatic rings. The van der Waals surface area contributed by atoms with Crippen molar-refractivity contribution in [2.75, 3.05) is 13.7 Å². The van der Waals surface area contributed by atoms with Crippen LogP contribution in [0.4, 0.5) is 0 Å². The lowest BCUT2D eigenvalue weighted by Gasteiger charge is -2.24. The first-order valence-corrected chi connectivity index (χ1v) is 7.37. The van der Waals surface area contributed by atoms with Gasteiger partial charge in [-0.2, -0.15) is 0 Å². The highest BCUT2D eigenvalue weighted by atomic mass is 16.5. The minimum atomic E-state index is -1.32. The molecular weight excluding hydrogens is 316 g/mol. The summed E-state index contributed by atoms with van der Waals surface area (Å²) in [6, 6.07) is 4.51. The van der Waals surface area contributed by atoms with Gasteiger partial charge in [-0.05, 0) is 26.0 Å². The quantitative estimate of drug-likeness (QED) is 0.688. The van der Waals surface area contributed by atoms with E-state index in [4.69, 9.17) is 18.3 Å². The highest BCUT2D eigenvalue weighted by Gasteiger charge is 2.27. The Labute approximate surface area is 137 Å². The summed E-state index contributed by atoms with van der Waals surface area (Å²) in [6.07, 6.45) is 0.326. The van der Waals surface area contributed by atoms with Crippen molar-refractivity contribution in [1.82, 2.24) is 0 Å². The summed E-state index contributed by atoms with van der Waals surface area (Å²) in [6.45, 7) is 2.80. The maximum absolute atomic E-state index is 11.5. The molecule has 0 saturated carbocycles. The number of ether oxygens (including phenoxy) is 2. The van der Waals surface area contributed by atoms with E-state index in [2.05, 4.69) is 0 Å². The van der Waals surface area contributed by atoms with Crippen LogP contribution in [0.2, 0.25) is 0 Å². The Morgan fingerprint density at radius 3 is 2.58 bits per heavy atom. The van der Waals surface area contributed by atoms with Gasteiger partial charge in [-0.15, -0.1) is 0 Å². The van der Waals surface area contributed by atoms with Crippen molar-refractivity contribution in [2.24, 2.45) is 0 Å². The number of aliphatic hydroxyl groups excluding tert-OH is 1. The van der Waals surface area contributed by atoms with Gasteiger partial charge in [0.1, 0.15) is 12.7 Å². The molecule has 2 aromatic heterocycles. The van der Waals surface area contributed by atoms with E-state index in [1.54, 1.807) is 12.1 Å². The molecule has 7 heteroatoms. The lowest BCUT2D eigenvalue weighted by atomic mass is 10.0. The zero-order chi connectivity index (χ0) is 17.5. The van der Waals surface area contributed by atoms with Crippen molar-refractivity contribution >= 4 is 21.9 Å². The third-order valence-electron chi connectivity index (χ3n) is 3.81. The predicted molar refractivity (Wildman–Crippen MR) is 86.6 cm³/mol. The number of methoxy groups -OCH3 is 1. The van der Waals surface area contributed by atoms with Crippen LogP contribution in [-0.2, 0) is 0 Å².